The quantitative estimate of drug-likeness (QED) is 0.325. The molecule has 0 spiro atoms. The first-order valence-electron chi connectivity index (χ1n) is 7.07. The molecule has 0 atom stereocenters. The Morgan fingerprint density at radius 3 is 2.68 bits per heavy atom. The number of sulfonamides is 1. The van der Waals surface area contributed by atoms with Gasteiger partial charge >= 0.3 is 5.69 Å². The van der Waals surface area contributed by atoms with Gasteiger partial charge in [-0.05, 0) is 24.3 Å². The molecule has 2 aromatic rings. The zero-order valence-electron chi connectivity index (χ0n) is 13.3. The minimum absolute atomic E-state index is 0.00844. The number of ether oxygens (including phenoxy) is 1. The first-order chi connectivity index (χ1) is 11.9. The molecule has 2 rings (SSSR count). The van der Waals surface area contributed by atoms with E-state index in [0.717, 1.165) is 11.0 Å². The van der Waals surface area contributed by atoms with Crippen molar-refractivity contribution in [1.82, 2.24) is 0 Å². The van der Waals surface area contributed by atoms with Gasteiger partial charge in [-0.1, -0.05) is 18.2 Å². The third-order valence-corrected chi connectivity index (χ3v) is 5.58. The summed E-state index contributed by atoms with van der Waals surface area (Å²) in [5.74, 6) is 0.609. The number of nitro benzene ring substituents is 1. The van der Waals surface area contributed by atoms with E-state index in [0.29, 0.717) is 11.4 Å². The van der Waals surface area contributed by atoms with E-state index < -0.39 is 20.6 Å². The van der Waals surface area contributed by atoms with Gasteiger partial charge in [-0.15, -0.1) is 18.3 Å². The molecule has 1 N–H and O–H groups in total. The standard InChI is InChI=1S/C16H16N2O5S2/c1-3-10-24-16-7-5-4-6-13(16)17-25(21,22)12-8-9-15(23-2)14(11-12)18(19)20/h3-9,11,17H,1,10H2,2H3. The molecular weight excluding hydrogens is 364 g/mol. The van der Waals surface area contributed by atoms with Crippen molar-refractivity contribution in [2.45, 2.75) is 9.79 Å². The number of nitrogens with one attached hydrogen (secondary N) is 1. The molecular formula is C16H16N2O5S2. The Labute approximate surface area is 149 Å². The molecule has 0 fully saturated rings. The number of benzene rings is 2. The summed E-state index contributed by atoms with van der Waals surface area (Å²) in [5.41, 5.74) is -0.0208. The van der Waals surface area contributed by atoms with Gasteiger partial charge in [-0.2, -0.15) is 0 Å². The summed E-state index contributed by atoms with van der Waals surface area (Å²) in [7, 11) is -2.71. The van der Waals surface area contributed by atoms with Crippen LogP contribution in [0.5, 0.6) is 5.75 Å². The average Bonchev–Trinajstić information content (AvgIpc) is 2.60. The van der Waals surface area contributed by atoms with Crippen LogP contribution in [0.1, 0.15) is 0 Å². The highest BCUT2D eigenvalue weighted by molar-refractivity contribution is 7.99. The lowest BCUT2D eigenvalue weighted by Gasteiger charge is -2.12. The number of hydrogen-bond donors (Lipinski definition) is 1. The van der Waals surface area contributed by atoms with Gasteiger partial charge in [0.25, 0.3) is 10.0 Å². The zero-order chi connectivity index (χ0) is 18.4. The molecule has 25 heavy (non-hydrogen) atoms. The van der Waals surface area contributed by atoms with Crippen molar-refractivity contribution in [2.24, 2.45) is 0 Å². The molecule has 0 radical (unpaired) electrons. The molecule has 7 nitrogen and oxygen atoms in total. The number of nitro groups is 1. The van der Waals surface area contributed by atoms with E-state index in [1.54, 1.807) is 30.3 Å². The maximum absolute atomic E-state index is 12.6. The van der Waals surface area contributed by atoms with Gasteiger partial charge < -0.3 is 4.74 Å². The van der Waals surface area contributed by atoms with Gasteiger partial charge in [0.1, 0.15) is 0 Å². The van der Waals surface area contributed by atoms with Gasteiger partial charge in [0.15, 0.2) is 5.75 Å². The van der Waals surface area contributed by atoms with Crippen molar-refractivity contribution in [1.29, 1.82) is 0 Å². The highest BCUT2D eigenvalue weighted by atomic mass is 32.2. The summed E-state index contributed by atoms with van der Waals surface area (Å²) in [4.78, 5) is 10.9. The van der Waals surface area contributed by atoms with Crippen LogP contribution in [-0.4, -0.2) is 26.2 Å². The molecule has 0 bridgehead atoms. The monoisotopic (exact) mass is 380 g/mol. The first kappa shape index (κ1) is 18.8. The van der Waals surface area contributed by atoms with Gasteiger partial charge in [-0.25, -0.2) is 8.42 Å². The number of hydrogen-bond acceptors (Lipinski definition) is 6. The molecule has 9 heteroatoms. The summed E-state index contributed by atoms with van der Waals surface area (Å²) in [5, 5.41) is 11.1. The first-order valence-corrected chi connectivity index (χ1v) is 9.54. The number of nitrogens with zero attached hydrogens (tertiary/aromatic N) is 1. The smallest absolute Gasteiger partial charge is 0.312 e. The van der Waals surface area contributed by atoms with Crippen LogP contribution in [0.2, 0.25) is 0 Å². The number of rotatable bonds is 8. The van der Waals surface area contributed by atoms with Crippen molar-refractivity contribution in [3.63, 3.8) is 0 Å². The Morgan fingerprint density at radius 1 is 1.32 bits per heavy atom. The maximum atomic E-state index is 12.6. The van der Waals surface area contributed by atoms with Crippen molar-refractivity contribution in [3.8, 4) is 5.75 Å². The highest BCUT2D eigenvalue weighted by Crippen LogP contribution is 2.32. The molecule has 0 aliphatic carbocycles. The molecule has 0 aromatic heterocycles. The van der Waals surface area contributed by atoms with E-state index in [9.17, 15) is 18.5 Å². The van der Waals surface area contributed by atoms with Crippen LogP contribution in [0.25, 0.3) is 0 Å². The lowest BCUT2D eigenvalue weighted by Crippen LogP contribution is -2.14. The fourth-order valence-electron chi connectivity index (χ4n) is 2.01. The molecule has 0 saturated heterocycles. The van der Waals surface area contributed by atoms with E-state index in [-0.39, 0.29) is 10.6 Å². The molecule has 0 aliphatic heterocycles. The predicted molar refractivity (Wildman–Crippen MR) is 97.8 cm³/mol. The van der Waals surface area contributed by atoms with E-state index in [1.165, 1.54) is 31.0 Å². The van der Waals surface area contributed by atoms with Crippen molar-refractivity contribution >= 4 is 33.2 Å². The van der Waals surface area contributed by atoms with Crippen LogP contribution in [0.3, 0.4) is 0 Å². The van der Waals surface area contributed by atoms with Gasteiger partial charge in [-0.3, -0.25) is 14.8 Å². The van der Waals surface area contributed by atoms with Crippen LogP contribution >= 0.6 is 11.8 Å². The Kier molecular flexibility index (Phi) is 6.05. The van der Waals surface area contributed by atoms with E-state index in [1.807, 2.05) is 0 Å². The van der Waals surface area contributed by atoms with Crippen LogP contribution in [0.15, 0.2) is 64.9 Å². The fourth-order valence-corrected chi connectivity index (χ4v) is 3.92. The second-order valence-electron chi connectivity index (χ2n) is 4.79. The number of anilines is 1. The molecule has 0 unspecified atom stereocenters. The molecule has 0 aliphatic rings. The Bertz CT molecular complexity index is 897. The Hall–Kier alpha value is -2.52. The Balaban J connectivity index is 2.39. The summed E-state index contributed by atoms with van der Waals surface area (Å²) in [6, 6.07) is 10.4. The van der Waals surface area contributed by atoms with E-state index in [4.69, 9.17) is 4.74 Å². The normalized spacial score (nSPS) is 10.9. The number of para-hydroxylation sites is 1. The Morgan fingerprint density at radius 2 is 2.04 bits per heavy atom. The summed E-state index contributed by atoms with van der Waals surface area (Å²) in [6.07, 6.45) is 1.71. The molecule has 132 valence electrons. The lowest BCUT2D eigenvalue weighted by molar-refractivity contribution is -0.386. The minimum atomic E-state index is -3.99. The molecule has 0 heterocycles. The topological polar surface area (TPSA) is 98.5 Å². The molecule has 0 amide bonds. The summed E-state index contributed by atoms with van der Waals surface area (Å²) < 4.78 is 32.6. The largest absolute Gasteiger partial charge is 0.490 e. The second kappa shape index (κ2) is 8.04. The fraction of sp³-hybridized carbons (Fsp3) is 0.125. The zero-order valence-corrected chi connectivity index (χ0v) is 15.0. The summed E-state index contributed by atoms with van der Waals surface area (Å²) >= 11 is 1.42. The third kappa shape index (κ3) is 4.52. The minimum Gasteiger partial charge on any atom is -0.490 e. The summed E-state index contributed by atoms with van der Waals surface area (Å²) in [6.45, 7) is 3.63. The number of thioether (sulfide) groups is 1. The average molecular weight is 380 g/mol. The second-order valence-corrected chi connectivity index (χ2v) is 7.54. The predicted octanol–water partition coefficient (Wildman–Crippen LogP) is 3.68. The van der Waals surface area contributed by atoms with Crippen LogP contribution in [-0.2, 0) is 10.0 Å². The van der Waals surface area contributed by atoms with Gasteiger partial charge in [0, 0.05) is 16.7 Å². The van der Waals surface area contributed by atoms with E-state index >= 15 is 0 Å². The van der Waals surface area contributed by atoms with Crippen molar-refractivity contribution in [2.75, 3.05) is 17.6 Å². The number of methoxy groups -OCH3 is 1. The molecule has 2 aromatic carbocycles. The van der Waals surface area contributed by atoms with Crippen molar-refractivity contribution < 1.29 is 18.1 Å². The lowest BCUT2D eigenvalue weighted by atomic mass is 10.3. The molecule has 0 saturated carbocycles. The van der Waals surface area contributed by atoms with Gasteiger partial charge in [0.2, 0.25) is 0 Å². The SMILES string of the molecule is C=CCSc1ccccc1NS(=O)(=O)c1ccc(OC)c([N+](=O)[O-])c1. The van der Waals surface area contributed by atoms with Crippen LogP contribution < -0.4 is 9.46 Å². The van der Waals surface area contributed by atoms with E-state index in [2.05, 4.69) is 11.3 Å². The van der Waals surface area contributed by atoms with Gasteiger partial charge in [0.05, 0.1) is 22.6 Å². The maximum Gasteiger partial charge on any atom is 0.312 e. The van der Waals surface area contributed by atoms with Crippen molar-refractivity contribution in [3.05, 3.63) is 65.2 Å². The van der Waals surface area contributed by atoms with Crippen LogP contribution in [0, 0.1) is 10.1 Å². The third-order valence-electron chi connectivity index (χ3n) is 3.15. The van der Waals surface area contributed by atoms with Crippen LogP contribution in [0.4, 0.5) is 11.4 Å². The highest BCUT2D eigenvalue weighted by Gasteiger charge is 2.22.